The molecule has 1 aliphatic carbocycles. The van der Waals surface area contributed by atoms with Crippen molar-refractivity contribution in [2.75, 3.05) is 11.9 Å². The Morgan fingerprint density at radius 3 is 2.58 bits per heavy atom. The topological polar surface area (TPSA) is 37.0 Å². The number of aromatic nitrogens is 1. The van der Waals surface area contributed by atoms with Gasteiger partial charge < -0.3 is 10.6 Å². The van der Waals surface area contributed by atoms with Crippen molar-refractivity contribution in [2.45, 2.75) is 45.6 Å². The van der Waals surface area contributed by atoms with Gasteiger partial charge in [-0.05, 0) is 56.0 Å². The Hall–Kier alpha value is -2.36. The summed E-state index contributed by atoms with van der Waals surface area (Å²) >= 11 is 0. The summed E-state index contributed by atoms with van der Waals surface area (Å²) in [6.45, 7) is 13.4. The van der Waals surface area contributed by atoms with E-state index in [1.165, 1.54) is 29.9 Å². The number of benzene rings is 1. The SMILES string of the molecule is C=C(NC(C)(C)c1ccc2c(n1)C1CC1CN2)c1ccc(F)cc1.CC. The van der Waals surface area contributed by atoms with E-state index in [0.29, 0.717) is 5.92 Å². The molecule has 1 fully saturated rings. The lowest BCUT2D eigenvalue weighted by atomic mass is 9.96. The van der Waals surface area contributed by atoms with Gasteiger partial charge in [-0.3, -0.25) is 4.98 Å². The smallest absolute Gasteiger partial charge is 0.123 e. The second-order valence-electron chi connectivity index (χ2n) is 7.35. The van der Waals surface area contributed by atoms with Gasteiger partial charge in [0.2, 0.25) is 0 Å². The van der Waals surface area contributed by atoms with Crippen LogP contribution in [0.4, 0.5) is 10.1 Å². The summed E-state index contributed by atoms with van der Waals surface area (Å²) in [6.07, 6.45) is 1.24. The molecule has 3 nitrogen and oxygen atoms in total. The van der Waals surface area contributed by atoms with Crippen LogP contribution in [0, 0.1) is 11.7 Å². The maximum absolute atomic E-state index is 13.1. The van der Waals surface area contributed by atoms with Crippen molar-refractivity contribution in [1.82, 2.24) is 10.3 Å². The van der Waals surface area contributed by atoms with Gasteiger partial charge in [-0.25, -0.2) is 4.39 Å². The Labute approximate surface area is 155 Å². The van der Waals surface area contributed by atoms with Gasteiger partial charge in [0.25, 0.3) is 0 Å². The standard InChI is InChI=1S/C20H22FN3.C2H6/c1-12(13-4-6-15(21)7-5-13)24-20(2,3)18-9-8-17-19(23-18)16-10-14(16)11-22-17;1-2/h4-9,14,16,22,24H,1,10-11H2,2-3H3;1-2H3. The maximum Gasteiger partial charge on any atom is 0.123 e. The van der Waals surface area contributed by atoms with Gasteiger partial charge >= 0.3 is 0 Å². The molecule has 0 bridgehead atoms. The minimum absolute atomic E-state index is 0.242. The minimum Gasteiger partial charge on any atom is -0.383 e. The monoisotopic (exact) mass is 353 g/mol. The van der Waals surface area contributed by atoms with Crippen molar-refractivity contribution < 1.29 is 4.39 Å². The summed E-state index contributed by atoms with van der Waals surface area (Å²) in [5, 5.41) is 6.91. The lowest BCUT2D eigenvalue weighted by molar-refractivity contribution is 0.459. The number of nitrogens with zero attached hydrogens (tertiary/aromatic N) is 1. The van der Waals surface area contributed by atoms with Crippen LogP contribution in [0.15, 0.2) is 43.0 Å². The molecule has 2 unspecified atom stereocenters. The molecule has 0 spiro atoms. The molecule has 1 aliphatic heterocycles. The van der Waals surface area contributed by atoms with Gasteiger partial charge in [-0.1, -0.05) is 32.6 Å². The third kappa shape index (κ3) is 3.59. The molecule has 26 heavy (non-hydrogen) atoms. The Morgan fingerprint density at radius 1 is 1.19 bits per heavy atom. The van der Waals surface area contributed by atoms with Crippen LogP contribution < -0.4 is 10.6 Å². The third-order valence-corrected chi connectivity index (χ3v) is 5.05. The molecule has 138 valence electrons. The Morgan fingerprint density at radius 2 is 1.88 bits per heavy atom. The number of fused-ring (bicyclic) bond motifs is 3. The van der Waals surface area contributed by atoms with Gasteiger partial charge in [0.05, 0.1) is 22.6 Å². The van der Waals surface area contributed by atoms with E-state index in [1.54, 1.807) is 12.1 Å². The van der Waals surface area contributed by atoms with Crippen molar-refractivity contribution in [3.05, 3.63) is 65.7 Å². The molecular weight excluding hydrogens is 325 g/mol. The van der Waals surface area contributed by atoms with Crippen LogP contribution in [0.2, 0.25) is 0 Å². The molecule has 4 rings (SSSR count). The van der Waals surface area contributed by atoms with Gasteiger partial charge in [0, 0.05) is 18.2 Å². The molecule has 1 saturated carbocycles. The molecule has 1 aromatic heterocycles. The van der Waals surface area contributed by atoms with Crippen LogP contribution in [0.1, 0.15) is 57.0 Å². The summed E-state index contributed by atoms with van der Waals surface area (Å²) in [7, 11) is 0. The molecule has 0 saturated heterocycles. The first-order valence-electron chi connectivity index (χ1n) is 9.42. The number of anilines is 1. The zero-order valence-electron chi connectivity index (χ0n) is 16.1. The lowest BCUT2D eigenvalue weighted by Gasteiger charge is -2.30. The molecule has 0 radical (unpaired) electrons. The van der Waals surface area contributed by atoms with Crippen LogP contribution in [-0.4, -0.2) is 11.5 Å². The number of hydrogen-bond donors (Lipinski definition) is 2. The summed E-state index contributed by atoms with van der Waals surface area (Å²) in [5.41, 5.74) is 4.66. The second kappa shape index (κ2) is 7.10. The van der Waals surface area contributed by atoms with Gasteiger partial charge in [-0.15, -0.1) is 0 Å². The molecule has 2 aliphatic rings. The first-order valence-corrected chi connectivity index (χ1v) is 9.42. The van der Waals surface area contributed by atoms with Crippen LogP contribution in [-0.2, 0) is 5.54 Å². The molecule has 2 aromatic rings. The molecule has 0 amide bonds. The number of nitrogens with one attached hydrogen (secondary N) is 2. The summed E-state index contributed by atoms with van der Waals surface area (Å²) in [6, 6.07) is 10.6. The van der Waals surface area contributed by atoms with E-state index in [-0.39, 0.29) is 11.4 Å². The first kappa shape index (κ1) is 18.4. The van der Waals surface area contributed by atoms with Crippen molar-refractivity contribution in [3.63, 3.8) is 0 Å². The summed E-state index contributed by atoms with van der Waals surface area (Å²) in [4.78, 5) is 4.94. The Bertz CT molecular complexity index is 796. The predicted molar refractivity (Wildman–Crippen MR) is 107 cm³/mol. The van der Waals surface area contributed by atoms with E-state index in [1.807, 2.05) is 13.8 Å². The number of hydrogen-bond acceptors (Lipinski definition) is 3. The zero-order valence-corrected chi connectivity index (χ0v) is 16.1. The highest BCUT2D eigenvalue weighted by atomic mass is 19.1. The van der Waals surface area contributed by atoms with E-state index in [2.05, 4.69) is 43.2 Å². The maximum atomic E-state index is 13.1. The Balaban J connectivity index is 0.000000948. The molecule has 2 heterocycles. The largest absolute Gasteiger partial charge is 0.383 e. The van der Waals surface area contributed by atoms with E-state index in [4.69, 9.17) is 4.98 Å². The molecular formula is C22H28FN3. The average Bonchev–Trinajstić information content (AvgIpc) is 3.43. The highest BCUT2D eigenvalue weighted by molar-refractivity contribution is 5.62. The first-order chi connectivity index (χ1) is 12.4. The number of pyridine rings is 1. The van der Waals surface area contributed by atoms with Gasteiger partial charge in [0.15, 0.2) is 0 Å². The van der Waals surface area contributed by atoms with E-state index in [0.717, 1.165) is 29.4 Å². The van der Waals surface area contributed by atoms with Crippen LogP contribution in [0.5, 0.6) is 0 Å². The van der Waals surface area contributed by atoms with Gasteiger partial charge in [-0.2, -0.15) is 0 Å². The summed E-state index contributed by atoms with van der Waals surface area (Å²) < 4.78 is 13.1. The number of halogens is 1. The van der Waals surface area contributed by atoms with Crippen molar-refractivity contribution in [2.24, 2.45) is 5.92 Å². The second-order valence-corrected chi connectivity index (χ2v) is 7.35. The fourth-order valence-corrected chi connectivity index (χ4v) is 3.47. The van der Waals surface area contributed by atoms with Crippen molar-refractivity contribution >= 4 is 11.4 Å². The summed E-state index contributed by atoms with van der Waals surface area (Å²) in [5.74, 6) is 1.14. The van der Waals surface area contributed by atoms with E-state index >= 15 is 0 Å². The zero-order chi connectivity index (χ0) is 18.9. The van der Waals surface area contributed by atoms with E-state index in [9.17, 15) is 4.39 Å². The predicted octanol–water partition coefficient (Wildman–Crippen LogP) is 5.27. The Kier molecular flexibility index (Phi) is 5.03. The van der Waals surface area contributed by atoms with E-state index < -0.39 is 0 Å². The number of rotatable bonds is 4. The lowest BCUT2D eigenvalue weighted by Crippen LogP contribution is -2.36. The van der Waals surface area contributed by atoms with Gasteiger partial charge in [0.1, 0.15) is 5.82 Å². The fourth-order valence-electron chi connectivity index (χ4n) is 3.47. The molecule has 2 N–H and O–H groups in total. The molecule has 2 atom stereocenters. The molecule has 4 heteroatoms. The van der Waals surface area contributed by atoms with Crippen molar-refractivity contribution in [1.29, 1.82) is 0 Å². The highest BCUT2D eigenvalue weighted by Crippen LogP contribution is 2.52. The van der Waals surface area contributed by atoms with Crippen molar-refractivity contribution in [3.8, 4) is 0 Å². The molecule has 1 aromatic carbocycles. The quantitative estimate of drug-likeness (QED) is 0.786. The third-order valence-electron chi connectivity index (χ3n) is 5.05. The fraction of sp³-hybridized carbons (Fsp3) is 0.409. The highest BCUT2D eigenvalue weighted by Gasteiger charge is 2.44. The minimum atomic E-state index is -0.359. The normalized spacial score (nSPS) is 19.9. The van der Waals surface area contributed by atoms with Crippen LogP contribution in [0.25, 0.3) is 5.70 Å². The van der Waals surface area contributed by atoms with Crippen LogP contribution >= 0.6 is 0 Å². The van der Waals surface area contributed by atoms with Crippen LogP contribution in [0.3, 0.4) is 0 Å². The average molecular weight is 353 g/mol.